The molecule has 1 unspecified atom stereocenters. The Morgan fingerprint density at radius 3 is 2.73 bits per heavy atom. The molecule has 7 heteroatoms. The van der Waals surface area contributed by atoms with Crippen molar-refractivity contribution < 1.29 is 9.59 Å². The molecule has 1 N–H and O–H groups in total. The Morgan fingerprint density at radius 1 is 1.20 bits per heavy atom. The van der Waals surface area contributed by atoms with Crippen molar-refractivity contribution in [1.29, 1.82) is 0 Å². The van der Waals surface area contributed by atoms with Crippen LogP contribution in [0, 0.1) is 6.92 Å². The number of aromatic nitrogens is 1. The first kappa shape index (κ1) is 20.5. The van der Waals surface area contributed by atoms with Crippen LogP contribution in [-0.2, 0) is 9.59 Å². The number of anilines is 1. The molecule has 0 spiro atoms. The first-order chi connectivity index (χ1) is 14.5. The number of likely N-dealkylation sites (N-methyl/N-ethyl adjacent to an activating group) is 1. The van der Waals surface area contributed by atoms with Gasteiger partial charge in [-0.05, 0) is 50.6 Å². The number of carbonyl (C=O) groups is 2. The van der Waals surface area contributed by atoms with E-state index in [4.69, 9.17) is 4.98 Å². The van der Waals surface area contributed by atoms with Gasteiger partial charge in [0.05, 0.1) is 29.3 Å². The molecule has 2 aromatic carbocycles. The quantitative estimate of drug-likeness (QED) is 0.656. The number of hydrogen-bond donors (Lipinski definition) is 1. The molecule has 2 heterocycles. The molecule has 6 nitrogen and oxygen atoms in total. The summed E-state index contributed by atoms with van der Waals surface area (Å²) in [6.07, 6.45) is 2.05. The maximum atomic E-state index is 12.8. The van der Waals surface area contributed by atoms with Gasteiger partial charge in [-0.1, -0.05) is 29.8 Å². The second-order valence-corrected chi connectivity index (χ2v) is 8.87. The minimum absolute atomic E-state index is 0.0341. The van der Waals surface area contributed by atoms with Crippen LogP contribution in [0.2, 0.25) is 0 Å². The monoisotopic (exact) mass is 422 g/mol. The highest BCUT2D eigenvalue weighted by atomic mass is 32.1. The largest absolute Gasteiger partial charge is 0.335 e. The number of para-hydroxylation sites is 1. The van der Waals surface area contributed by atoms with Gasteiger partial charge in [-0.3, -0.25) is 14.5 Å². The highest BCUT2D eigenvalue weighted by molar-refractivity contribution is 7.18. The summed E-state index contributed by atoms with van der Waals surface area (Å²) in [6, 6.07) is 15.9. The summed E-state index contributed by atoms with van der Waals surface area (Å²) < 4.78 is 1.18. The van der Waals surface area contributed by atoms with E-state index in [1.54, 1.807) is 18.4 Å². The third-order valence-corrected chi connectivity index (χ3v) is 6.58. The van der Waals surface area contributed by atoms with Crippen LogP contribution in [0.15, 0.2) is 48.5 Å². The number of amides is 2. The number of fused-ring (bicyclic) bond motifs is 1. The van der Waals surface area contributed by atoms with Crippen molar-refractivity contribution in [2.45, 2.75) is 25.8 Å². The smallest absolute Gasteiger partial charge is 0.243 e. The highest BCUT2D eigenvalue weighted by Gasteiger charge is 2.31. The summed E-state index contributed by atoms with van der Waals surface area (Å²) in [4.78, 5) is 33.5. The van der Waals surface area contributed by atoms with Gasteiger partial charge in [-0.25, -0.2) is 4.98 Å². The molecule has 1 aliphatic rings. The minimum atomic E-state index is -0.196. The van der Waals surface area contributed by atoms with Gasteiger partial charge in [0.1, 0.15) is 5.01 Å². The molecule has 0 bridgehead atoms. The number of thiazole rings is 1. The average Bonchev–Trinajstić information content (AvgIpc) is 3.35. The summed E-state index contributed by atoms with van der Waals surface area (Å²) in [5.41, 5.74) is 2.89. The number of carbonyl (C=O) groups excluding carboxylic acids is 2. The molecule has 1 aromatic heterocycles. The van der Waals surface area contributed by atoms with E-state index in [0.29, 0.717) is 6.54 Å². The van der Waals surface area contributed by atoms with E-state index in [0.717, 1.165) is 41.2 Å². The molecule has 0 saturated carbocycles. The molecule has 0 radical (unpaired) electrons. The van der Waals surface area contributed by atoms with E-state index in [9.17, 15) is 9.59 Å². The van der Waals surface area contributed by atoms with Crippen LogP contribution >= 0.6 is 11.3 Å². The molecule has 1 saturated heterocycles. The average molecular weight is 423 g/mol. The van der Waals surface area contributed by atoms with Gasteiger partial charge in [0.15, 0.2) is 0 Å². The first-order valence-corrected chi connectivity index (χ1v) is 11.0. The lowest BCUT2D eigenvalue weighted by Gasteiger charge is -2.25. The van der Waals surface area contributed by atoms with Crippen molar-refractivity contribution in [1.82, 2.24) is 14.8 Å². The lowest BCUT2D eigenvalue weighted by Crippen LogP contribution is -2.41. The number of benzene rings is 2. The molecule has 2 amide bonds. The topological polar surface area (TPSA) is 65.5 Å². The second-order valence-electron chi connectivity index (χ2n) is 7.81. The molecule has 30 heavy (non-hydrogen) atoms. The van der Waals surface area contributed by atoms with Gasteiger partial charge < -0.3 is 10.2 Å². The van der Waals surface area contributed by atoms with Crippen LogP contribution < -0.4 is 5.32 Å². The number of hydrogen-bond acceptors (Lipinski definition) is 5. The van der Waals surface area contributed by atoms with E-state index in [-0.39, 0.29) is 24.4 Å². The van der Waals surface area contributed by atoms with Gasteiger partial charge in [-0.15, -0.1) is 11.3 Å². The summed E-state index contributed by atoms with van der Waals surface area (Å²) >= 11 is 1.70. The Labute approximate surface area is 180 Å². The number of aryl methyl sites for hydroxylation is 1. The van der Waals surface area contributed by atoms with Crippen LogP contribution in [0.25, 0.3) is 10.2 Å². The molecule has 3 aromatic rings. The van der Waals surface area contributed by atoms with E-state index in [2.05, 4.69) is 16.3 Å². The standard InChI is InChI=1S/C23H26N4O2S/c1-16-9-11-17(12-10-16)24-21(28)14-26(2)22(29)15-27-13-5-7-19(27)23-25-18-6-3-4-8-20(18)30-23/h3-4,6,8-12,19H,5,7,13-15H2,1-2H3,(H,24,28). The van der Waals surface area contributed by atoms with Crippen molar-refractivity contribution in [2.75, 3.05) is 32.0 Å². The van der Waals surface area contributed by atoms with E-state index < -0.39 is 0 Å². The van der Waals surface area contributed by atoms with Gasteiger partial charge in [0.25, 0.3) is 0 Å². The van der Waals surface area contributed by atoms with Gasteiger partial charge >= 0.3 is 0 Å². The molecular formula is C23H26N4O2S. The molecular weight excluding hydrogens is 396 g/mol. The SMILES string of the molecule is Cc1ccc(NC(=O)CN(C)C(=O)CN2CCCC2c2nc3ccccc3s2)cc1. The molecule has 1 fully saturated rings. The van der Waals surface area contributed by atoms with Crippen molar-refractivity contribution in [3.63, 3.8) is 0 Å². The maximum absolute atomic E-state index is 12.8. The first-order valence-electron chi connectivity index (χ1n) is 10.2. The third-order valence-electron chi connectivity index (χ3n) is 5.44. The number of nitrogens with one attached hydrogen (secondary N) is 1. The van der Waals surface area contributed by atoms with Crippen LogP contribution in [0.1, 0.15) is 29.5 Å². The fraction of sp³-hybridized carbons (Fsp3) is 0.348. The van der Waals surface area contributed by atoms with Crippen LogP contribution in [-0.4, -0.2) is 53.3 Å². The van der Waals surface area contributed by atoms with E-state index in [1.807, 2.05) is 49.4 Å². The zero-order valence-electron chi connectivity index (χ0n) is 17.3. The van der Waals surface area contributed by atoms with E-state index in [1.165, 1.54) is 9.60 Å². The summed E-state index contributed by atoms with van der Waals surface area (Å²) in [7, 11) is 1.68. The highest BCUT2D eigenvalue weighted by Crippen LogP contribution is 2.36. The summed E-state index contributed by atoms with van der Waals surface area (Å²) in [5, 5.41) is 3.91. The van der Waals surface area contributed by atoms with Crippen LogP contribution in [0.3, 0.4) is 0 Å². The van der Waals surface area contributed by atoms with E-state index >= 15 is 0 Å². The lowest BCUT2D eigenvalue weighted by molar-refractivity contribution is -0.134. The van der Waals surface area contributed by atoms with Gasteiger partial charge in [-0.2, -0.15) is 0 Å². The summed E-state index contributed by atoms with van der Waals surface area (Å²) in [6.45, 7) is 3.20. The number of likely N-dealkylation sites (tertiary alicyclic amines) is 1. The fourth-order valence-electron chi connectivity index (χ4n) is 3.76. The molecule has 1 aliphatic heterocycles. The molecule has 1 atom stereocenters. The number of rotatable bonds is 6. The molecule has 4 rings (SSSR count). The lowest BCUT2D eigenvalue weighted by atomic mass is 10.2. The van der Waals surface area contributed by atoms with Crippen LogP contribution in [0.4, 0.5) is 5.69 Å². The predicted octanol–water partition coefficient (Wildman–Crippen LogP) is 3.84. The normalized spacial score (nSPS) is 16.7. The Hall–Kier alpha value is -2.77. The number of nitrogens with zero attached hydrogens (tertiary/aromatic N) is 3. The van der Waals surface area contributed by atoms with Crippen molar-refractivity contribution in [2.24, 2.45) is 0 Å². The van der Waals surface area contributed by atoms with Crippen molar-refractivity contribution in [3.05, 3.63) is 59.1 Å². The Balaban J connectivity index is 1.34. The minimum Gasteiger partial charge on any atom is -0.335 e. The van der Waals surface area contributed by atoms with Crippen LogP contribution in [0.5, 0.6) is 0 Å². The van der Waals surface area contributed by atoms with Gasteiger partial charge in [0, 0.05) is 12.7 Å². The zero-order valence-corrected chi connectivity index (χ0v) is 18.1. The fourth-order valence-corrected chi connectivity index (χ4v) is 4.90. The Morgan fingerprint density at radius 2 is 1.97 bits per heavy atom. The summed E-state index contributed by atoms with van der Waals surface area (Å²) in [5.74, 6) is -0.249. The van der Waals surface area contributed by atoms with Crippen molar-refractivity contribution >= 4 is 39.1 Å². The van der Waals surface area contributed by atoms with Gasteiger partial charge in [0.2, 0.25) is 11.8 Å². The second kappa shape index (κ2) is 8.93. The van der Waals surface area contributed by atoms with Crippen molar-refractivity contribution in [3.8, 4) is 0 Å². The Bertz CT molecular complexity index is 1010. The third kappa shape index (κ3) is 4.68. The molecule has 0 aliphatic carbocycles. The zero-order chi connectivity index (χ0) is 21.1. The predicted molar refractivity (Wildman–Crippen MR) is 121 cm³/mol. The maximum Gasteiger partial charge on any atom is 0.243 e. The molecule has 156 valence electrons. The Kier molecular flexibility index (Phi) is 6.11.